The number of morpholine rings is 1. The van der Waals surface area contributed by atoms with Crippen molar-refractivity contribution in [1.82, 2.24) is 14.5 Å². The van der Waals surface area contributed by atoms with E-state index in [1.165, 1.54) is 12.1 Å². The minimum atomic E-state index is -0.207. The van der Waals surface area contributed by atoms with Crippen LogP contribution in [-0.4, -0.2) is 40.8 Å². The zero-order valence-corrected chi connectivity index (χ0v) is 14.4. The summed E-state index contributed by atoms with van der Waals surface area (Å²) in [7, 11) is 0. The summed E-state index contributed by atoms with van der Waals surface area (Å²) in [6.07, 6.45) is 0. The minimum absolute atomic E-state index is 0.205. The summed E-state index contributed by atoms with van der Waals surface area (Å²) in [6, 6.07) is 15.1. The molecule has 4 rings (SSSR count). The number of fused-ring (bicyclic) bond motifs is 1. The molecule has 5 heteroatoms. The Morgan fingerprint density at radius 2 is 1.80 bits per heavy atom. The molecule has 4 nitrogen and oxygen atoms in total. The molecule has 1 unspecified atom stereocenters. The molecule has 2 heterocycles. The second-order valence-corrected chi connectivity index (χ2v) is 6.50. The third kappa shape index (κ3) is 3.30. The van der Waals surface area contributed by atoms with Crippen LogP contribution in [-0.2, 0) is 11.3 Å². The molecule has 130 valence electrons. The molecule has 1 fully saturated rings. The molecule has 1 aromatic heterocycles. The number of hydrogen-bond acceptors (Lipinski definition) is 3. The Morgan fingerprint density at radius 3 is 2.56 bits per heavy atom. The van der Waals surface area contributed by atoms with E-state index in [1.807, 2.05) is 30.3 Å². The summed E-state index contributed by atoms with van der Waals surface area (Å²) in [4.78, 5) is 7.32. The lowest BCUT2D eigenvalue weighted by Crippen LogP contribution is -2.39. The first kappa shape index (κ1) is 16.2. The van der Waals surface area contributed by atoms with Gasteiger partial charge in [0.15, 0.2) is 0 Å². The molecule has 2 aromatic carbocycles. The van der Waals surface area contributed by atoms with Gasteiger partial charge in [-0.15, -0.1) is 0 Å². The predicted octanol–water partition coefficient (Wildman–Crippen LogP) is 3.62. The maximum Gasteiger partial charge on any atom is 0.127 e. The topological polar surface area (TPSA) is 30.3 Å². The minimum Gasteiger partial charge on any atom is -0.379 e. The molecule has 0 radical (unpaired) electrons. The normalized spacial score (nSPS) is 17.0. The van der Waals surface area contributed by atoms with Crippen molar-refractivity contribution in [3.8, 4) is 0 Å². The van der Waals surface area contributed by atoms with Crippen molar-refractivity contribution < 1.29 is 9.13 Å². The molecule has 0 saturated carbocycles. The van der Waals surface area contributed by atoms with Crippen LogP contribution < -0.4 is 0 Å². The number of rotatable bonds is 4. The van der Waals surface area contributed by atoms with Gasteiger partial charge in [-0.25, -0.2) is 9.37 Å². The fourth-order valence-corrected chi connectivity index (χ4v) is 3.48. The lowest BCUT2D eigenvalue weighted by Gasteiger charge is -2.32. The van der Waals surface area contributed by atoms with E-state index >= 15 is 0 Å². The highest BCUT2D eigenvalue weighted by Crippen LogP contribution is 2.26. The molecule has 1 aliphatic rings. The van der Waals surface area contributed by atoms with Crippen LogP contribution in [0.25, 0.3) is 11.0 Å². The number of halogens is 1. The van der Waals surface area contributed by atoms with Gasteiger partial charge in [0.2, 0.25) is 0 Å². The van der Waals surface area contributed by atoms with Gasteiger partial charge in [-0.05, 0) is 36.8 Å². The highest BCUT2D eigenvalue weighted by Gasteiger charge is 2.24. The Hall–Kier alpha value is -2.24. The number of aromatic nitrogens is 2. The third-order valence-corrected chi connectivity index (χ3v) is 4.91. The Balaban J connectivity index is 1.73. The van der Waals surface area contributed by atoms with Crippen LogP contribution in [0.4, 0.5) is 4.39 Å². The van der Waals surface area contributed by atoms with Crippen molar-refractivity contribution in [3.63, 3.8) is 0 Å². The van der Waals surface area contributed by atoms with Gasteiger partial charge in [0.05, 0.1) is 30.3 Å². The van der Waals surface area contributed by atoms with Crippen LogP contribution in [0.2, 0.25) is 0 Å². The molecule has 1 atom stereocenters. The third-order valence-electron chi connectivity index (χ3n) is 4.91. The summed E-state index contributed by atoms with van der Waals surface area (Å²) < 4.78 is 21.0. The Bertz CT molecular complexity index is 853. The SMILES string of the molecule is CC(c1nc2ccccc2n1Cc1ccc(F)cc1)N1CCOCC1. The molecule has 3 aromatic rings. The number of imidazole rings is 1. The molecule has 0 amide bonds. The quantitative estimate of drug-likeness (QED) is 0.727. The van der Waals surface area contributed by atoms with E-state index in [1.54, 1.807) is 0 Å². The first-order valence-electron chi connectivity index (χ1n) is 8.74. The van der Waals surface area contributed by atoms with Gasteiger partial charge in [0.25, 0.3) is 0 Å². The molecule has 0 N–H and O–H groups in total. The van der Waals surface area contributed by atoms with Crippen molar-refractivity contribution >= 4 is 11.0 Å². The fourth-order valence-electron chi connectivity index (χ4n) is 3.48. The van der Waals surface area contributed by atoms with E-state index in [0.29, 0.717) is 6.54 Å². The van der Waals surface area contributed by atoms with Crippen LogP contribution in [0.15, 0.2) is 48.5 Å². The lowest BCUT2D eigenvalue weighted by molar-refractivity contribution is 0.0177. The highest BCUT2D eigenvalue weighted by molar-refractivity contribution is 5.76. The van der Waals surface area contributed by atoms with Gasteiger partial charge in [0.1, 0.15) is 11.6 Å². The monoisotopic (exact) mass is 339 g/mol. The Morgan fingerprint density at radius 1 is 1.08 bits per heavy atom. The van der Waals surface area contributed by atoms with Gasteiger partial charge in [-0.1, -0.05) is 24.3 Å². The summed E-state index contributed by atoms with van der Waals surface area (Å²) in [5.41, 5.74) is 3.18. The molecule has 0 spiro atoms. The van der Waals surface area contributed by atoms with Crippen LogP contribution in [0.3, 0.4) is 0 Å². The molecular weight excluding hydrogens is 317 g/mol. The maximum atomic E-state index is 13.2. The average Bonchev–Trinajstić information content (AvgIpc) is 3.02. The number of para-hydroxylation sites is 2. The lowest BCUT2D eigenvalue weighted by atomic mass is 10.2. The van der Waals surface area contributed by atoms with E-state index < -0.39 is 0 Å². The second kappa shape index (κ2) is 6.94. The summed E-state index contributed by atoms with van der Waals surface area (Å²) in [5.74, 6) is 0.841. The highest BCUT2D eigenvalue weighted by atomic mass is 19.1. The van der Waals surface area contributed by atoms with Crippen LogP contribution in [0.5, 0.6) is 0 Å². The number of ether oxygens (including phenoxy) is 1. The Kier molecular flexibility index (Phi) is 4.51. The molecule has 25 heavy (non-hydrogen) atoms. The average molecular weight is 339 g/mol. The van der Waals surface area contributed by atoms with Crippen LogP contribution in [0.1, 0.15) is 24.4 Å². The van der Waals surface area contributed by atoms with Crippen molar-refractivity contribution in [1.29, 1.82) is 0 Å². The van der Waals surface area contributed by atoms with Crippen LogP contribution in [0, 0.1) is 5.82 Å². The van der Waals surface area contributed by atoms with Crippen molar-refractivity contribution in [2.45, 2.75) is 19.5 Å². The molecule has 1 saturated heterocycles. The van der Waals surface area contributed by atoms with E-state index in [2.05, 4.69) is 22.5 Å². The van der Waals surface area contributed by atoms with Gasteiger partial charge in [0, 0.05) is 19.6 Å². The van der Waals surface area contributed by atoms with E-state index in [-0.39, 0.29) is 11.9 Å². The first-order valence-corrected chi connectivity index (χ1v) is 8.74. The smallest absolute Gasteiger partial charge is 0.127 e. The zero-order chi connectivity index (χ0) is 17.2. The van der Waals surface area contributed by atoms with Crippen molar-refractivity contribution in [2.75, 3.05) is 26.3 Å². The predicted molar refractivity (Wildman–Crippen MR) is 96.0 cm³/mol. The van der Waals surface area contributed by atoms with Crippen molar-refractivity contribution in [2.24, 2.45) is 0 Å². The summed E-state index contributed by atoms with van der Waals surface area (Å²) in [5, 5.41) is 0. The Labute approximate surface area is 146 Å². The number of benzene rings is 2. The van der Waals surface area contributed by atoms with E-state index in [0.717, 1.165) is 48.7 Å². The van der Waals surface area contributed by atoms with Gasteiger partial charge < -0.3 is 9.30 Å². The number of nitrogens with zero attached hydrogens (tertiary/aromatic N) is 3. The molecule has 0 aliphatic carbocycles. The van der Waals surface area contributed by atoms with Gasteiger partial charge in [-0.3, -0.25) is 4.90 Å². The van der Waals surface area contributed by atoms with E-state index in [9.17, 15) is 4.39 Å². The maximum absolute atomic E-state index is 13.2. The number of hydrogen-bond donors (Lipinski definition) is 0. The first-order chi connectivity index (χ1) is 12.2. The molecular formula is C20H22FN3O. The fraction of sp³-hybridized carbons (Fsp3) is 0.350. The van der Waals surface area contributed by atoms with Gasteiger partial charge in [-0.2, -0.15) is 0 Å². The van der Waals surface area contributed by atoms with Crippen LogP contribution >= 0.6 is 0 Å². The molecule has 1 aliphatic heterocycles. The largest absolute Gasteiger partial charge is 0.379 e. The summed E-state index contributed by atoms with van der Waals surface area (Å²) >= 11 is 0. The summed E-state index contributed by atoms with van der Waals surface area (Å²) in [6.45, 7) is 6.26. The van der Waals surface area contributed by atoms with Crippen molar-refractivity contribution in [3.05, 3.63) is 65.7 Å². The standard InChI is InChI=1S/C20H22FN3O/c1-15(23-10-12-25-13-11-23)20-22-18-4-2-3-5-19(18)24(20)14-16-6-8-17(21)9-7-16/h2-9,15H,10-14H2,1H3. The second-order valence-electron chi connectivity index (χ2n) is 6.50. The molecule has 0 bridgehead atoms. The van der Waals surface area contributed by atoms with E-state index in [4.69, 9.17) is 9.72 Å². The zero-order valence-electron chi connectivity index (χ0n) is 14.4. The van der Waals surface area contributed by atoms with Gasteiger partial charge >= 0.3 is 0 Å².